The van der Waals surface area contributed by atoms with E-state index in [4.69, 9.17) is 0 Å². The van der Waals surface area contributed by atoms with E-state index in [1.807, 2.05) is 0 Å². The van der Waals surface area contributed by atoms with Crippen molar-refractivity contribution in [1.82, 2.24) is 0 Å². The van der Waals surface area contributed by atoms with Crippen LogP contribution < -0.4 is 0 Å². The lowest BCUT2D eigenvalue weighted by molar-refractivity contribution is -0.0767. The van der Waals surface area contributed by atoms with E-state index in [0.717, 1.165) is 18.8 Å². The lowest BCUT2D eigenvalue weighted by atomic mass is 9.57. The maximum atomic E-state index is 10.8. The summed E-state index contributed by atoms with van der Waals surface area (Å²) >= 11 is 0. The van der Waals surface area contributed by atoms with E-state index in [-0.39, 0.29) is 5.41 Å². The van der Waals surface area contributed by atoms with Gasteiger partial charge in [-0.15, -0.1) is 0 Å². The number of hydrogen-bond donors (Lipinski definition) is 1. The van der Waals surface area contributed by atoms with Gasteiger partial charge in [0, 0.05) is 5.41 Å². The van der Waals surface area contributed by atoms with Crippen molar-refractivity contribution in [1.29, 1.82) is 0 Å². The highest BCUT2D eigenvalue weighted by atomic mass is 16.3. The van der Waals surface area contributed by atoms with Crippen LogP contribution in [0.1, 0.15) is 53.4 Å². The van der Waals surface area contributed by atoms with Gasteiger partial charge in [-0.1, -0.05) is 32.4 Å². The molecule has 90 valence electrons. The Morgan fingerprint density at radius 1 is 1.25 bits per heavy atom. The minimum Gasteiger partial charge on any atom is -0.389 e. The molecule has 0 saturated heterocycles. The van der Waals surface area contributed by atoms with Crippen molar-refractivity contribution in [2.24, 2.45) is 22.7 Å². The monoisotopic (exact) mass is 220 g/mol. The van der Waals surface area contributed by atoms with Gasteiger partial charge in [0.1, 0.15) is 0 Å². The molecule has 3 aliphatic rings. The topological polar surface area (TPSA) is 20.2 Å². The van der Waals surface area contributed by atoms with E-state index in [0.29, 0.717) is 11.3 Å². The van der Waals surface area contributed by atoms with E-state index in [1.54, 1.807) is 5.57 Å². The average molecular weight is 220 g/mol. The molecule has 0 radical (unpaired) electrons. The van der Waals surface area contributed by atoms with E-state index in [2.05, 4.69) is 33.8 Å². The Labute approximate surface area is 98.9 Å². The predicted octanol–water partition coefficient (Wildman–Crippen LogP) is 3.53. The summed E-state index contributed by atoms with van der Waals surface area (Å²) in [6.07, 6.45) is 6.98. The molecule has 3 rings (SSSR count). The molecule has 16 heavy (non-hydrogen) atoms. The summed E-state index contributed by atoms with van der Waals surface area (Å²) < 4.78 is 0. The standard InChI is InChI=1S/C15H24O/c1-13(2)11-8-7-10-6-5-9-14(3,16)15(10,4)12(11)13/h6,11-12,16H,5,7-9H2,1-4H3. The molecule has 0 aromatic rings. The summed E-state index contributed by atoms with van der Waals surface area (Å²) in [5, 5.41) is 10.8. The fourth-order valence-electron chi connectivity index (χ4n) is 4.98. The van der Waals surface area contributed by atoms with Gasteiger partial charge in [-0.25, -0.2) is 0 Å². The van der Waals surface area contributed by atoms with Crippen molar-refractivity contribution in [2.45, 2.75) is 59.0 Å². The number of hydrogen-bond acceptors (Lipinski definition) is 1. The van der Waals surface area contributed by atoms with E-state index >= 15 is 0 Å². The zero-order valence-electron chi connectivity index (χ0n) is 11.0. The highest BCUT2D eigenvalue weighted by Crippen LogP contribution is 2.75. The summed E-state index contributed by atoms with van der Waals surface area (Å²) in [4.78, 5) is 0. The van der Waals surface area contributed by atoms with Crippen LogP contribution in [-0.2, 0) is 0 Å². The third-order valence-electron chi connectivity index (χ3n) is 6.20. The van der Waals surface area contributed by atoms with Gasteiger partial charge in [0.15, 0.2) is 0 Å². The first-order valence-corrected chi connectivity index (χ1v) is 6.74. The van der Waals surface area contributed by atoms with Gasteiger partial charge in [0.05, 0.1) is 5.60 Å². The molecule has 1 nitrogen and oxygen atoms in total. The van der Waals surface area contributed by atoms with Crippen LogP contribution >= 0.6 is 0 Å². The molecular formula is C15H24O. The molecule has 0 spiro atoms. The maximum absolute atomic E-state index is 10.8. The van der Waals surface area contributed by atoms with E-state index in [1.165, 1.54) is 12.8 Å². The van der Waals surface area contributed by atoms with Gasteiger partial charge in [-0.3, -0.25) is 0 Å². The normalized spacial score (nSPS) is 53.7. The molecule has 0 amide bonds. The minimum atomic E-state index is -0.492. The van der Waals surface area contributed by atoms with Gasteiger partial charge in [-0.2, -0.15) is 0 Å². The Morgan fingerprint density at radius 3 is 2.62 bits per heavy atom. The molecule has 2 saturated carbocycles. The number of allylic oxidation sites excluding steroid dienone is 1. The van der Waals surface area contributed by atoms with Crippen molar-refractivity contribution in [3.63, 3.8) is 0 Å². The Balaban J connectivity index is 2.09. The molecule has 1 heteroatoms. The van der Waals surface area contributed by atoms with Crippen LogP contribution in [0.5, 0.6) is 0 Å². The van der Waals surface area contributed by atoms with Crippen LogP contribution in [0, 0.1) is 22.7 Å². The van der Waals surface area contributed by atoms with Crippen LogP contribution in [0.2, 0.25) is 0 Å². The Kier molecular flexibility index (Phi) is 1.86. The smallest absolute Gasteiger partial charge is 0.0715 e. The summed E-state index contributed by atoms with van der Waals surface area (Å²) in [6, 6.07) is 0. The van der Waals surface area contributed by atoms with Crippen LogP contribution in [0.3, 0.4) is 0 Å². The van der Waals surface area contributed by atoms with Gasteiger partial charge in [-0.05, 0) is 49.9 Å². The quantitative estimate of drug-likeness (QED) is 0.619. The van der Waals surface area contributed by atoms with Gasteiger partial charge < -0.3 is 5.11 Å². The first kappa shape index (κ1) is 10.8. The molecule has 4 atom stereocenters. The van der Waals surface area contributed by atoms with Crippen molar-refractivity contribution in [3.05, 3.63) is 11.6 Å². The molecule has 3 aliphatic carbocycles. The fourth-order valence-corrected chi connectivity index (χ4v) is 4.98. The third-order valence-corrected chi connectivity index (χ3v) is 6.20. The maximum Gasteiger partial charge on any atom is 0.0715 e. The third kappa shape index (κ3) is 1.01. The zero-order valence-corrected chi connectivity index (χ0v) is 11.0. The summed E-state index contributed by atoms with van der Waals surface area (Å²) in [5.41, 5.74) is 1.56. The van der Waals surface area contributed by atoms with Crippen molar-refractivity contribution in [3.8, 4) is 0 Å². The zero-order chi connectivity index (χ0) is 11.8. The minimum absolute atomic E-state index is 0.0532. The van der Waals surface area contributed by atoms with Crippen LogP contribution in [0.25, 0.3) is 0 Å². The Hall–Kier alpha value is -0.300. The first-order valence-electron chi connectivity index (χ1n) is 6.74. The second kappa shape index (κ2) is 2.75. The van der Waals surface area contributed by atoms with Crippen LogP contribution in [0.15, 0.2) is 11.6 Å². The molecule has 0 aromatic heterocycles. The highest BCUT2D eigenvalue weighted by Gasteiger charge is 2.71. The van der Waals surface area contributed by atoms with Crippen molar-refractivity contribution >= 4 is 0 Å². The average Bonchev–Trinajstić information content (AvgIpc) is 2.72. The predicted molar refractivity (Wildman–Crippen MR) is 66.0 cm³/mol. The van der Waals surface area contributed by atoms with E-state index in [9.17, 15) is 5.11 Å². The van der Waals surface area contributed by atoms with Gasteiger partial charge in [0.25, 0.3) is 0 Å². The molecule has 0 bridgehead atoms. The second-order valence-corrected chi connectivity index (χ2v) is 7.19. The van der Waals surface area contributed by atoms with E-state index < -0.39 is 5.60 Å². The molecule has 2 fully saturated rings. The summed E-state index contributed by atoms with van der Waals surface area (Å²) in [6.45, 7) is 9.17. The summed E-state index contributed by atoms with van der Waals surface area (Å²) in [5.74, 6) is 1.55. The molecule has 0 heterocycles. The molecule has 0 aliphatic heterocycles. The second-order valence-electron chi connectivity index (χ2n) is 7.19. The Bertz CT molecular complexity index is 364. The molecular weight excluding hydrogens is 196 g/mol. The molecule has 1 N–H and O–H groups in total. The lowest BCUT2D eigenvalue weighted by Crippen LogP contribution is -2.50. The van der Waals surface area contributed by atoms with Crippen LogP contribution in [0.4, 0.5) is 0 Å². The molecule has 0 aromatic carbocycles. The largest absolute Gasteiger partial charge is 0.389 e. The lowest BCUT2D eigenvalue weighted by Gasteiger charge is -2.50. The van der Waals surface area contributed by atoms with Crippen molar-refractivity contribution in [2.75, 3.05) is 0 Å². The Morgan fingerprint density at radius 2 is 1.94 bits per heavy atom. The number of fused-ring (bicyclic) bond motifs is 3. The summed E-state index contributed by atoms with van der Waals surface area (Å²) in [7, 11) is 0. The van der Waals surface area contributed by atoms with Crippen LogP contribution in [-0.4, -0.2) is 10.7 Å². The SMILES string of the molecule is CC1(C)C2CCC3=CCCC(C)(O)C3(C)C21. The van der Waals surface area contributed by atoms with Gasteiger partial charge >= 0.3 is 0 Å². The molecule has 4 unspecified atom stereocenters. The van der Waals surface area contributed by atoms with Crippen molar-refractivity contribution < 1.29 is 5.11 Å². The first-order chi connectivity index (χ1) is 7.32. The van der Waals surface area contributed by atoms with Gasteiger partial charge in [0.2, 0.25) is 0 Å². The number of rotatable bonds is 0. The fraction of sp³-hybridized carbons (Fsp3) is 0.867. The highest BCUT2D eigenvalue weighted by molar-refractivity contribution is 5.34. The number of aliphatic hydroxyl groups is 1.